The van der Waals surface area contributed by atoms with Gasteiger partial charge in [-0.2, -0.15) is 0 Å². The van der Waals surface area contributed by atoms with Gasteiger partial charge in [0.1, 0.15) is 5.69 Å². The molecule has 5 heteroatoms. The number of aryl methyl sites for hydroxylation is 1. The molecule has 0 aromatic carbocycles. The predicted octanol–water partition coefficient (Wildman–Crippen LogP) is 0.277. The van der Waals surface area contributed by atoms with E-state index in [1.807, 2.05) is 6.92 Å². The van der Waals surface area contributed by atoms with Crippen molar-refractivity contribution >= 4 is 5.91 Å². The quantitative estimate of drug-likeness (QED) is 0.733. The third kappa shape index (κ3) is 3.36. The summed E-state index contributed by atoms with van der Waals surface area (Å²) in [6.07, 6.45) is 5.00. The van der Waals surface area contributed by atoms with E-state index in [4.69, 9.17) is 5.73 Å². The Hall–Kier alpha value is -1.36. The fourth-order valence-electron chi connectivity index (χ4n) is 1.37. The molecule has 1 amide bonds. The molecule has 0 aliphatic carbocycles. The number of amides is 1. The molecular formula is C10H18N4O. The first kappa shape index (κ1) is 11.7. The predicted molar refractivity (Wildman–Crippen MR) is 58.4 cm³/mol. The van der Waals surface area contributed by atoms with Crippen LogP contribution in [-0.2, 0) is 7.05 Å². The lowest BCUT2D eigenvalue weighted by atomic mass is 10.2. The summed E-state index contributed by atoms with van der Waals surface area (Å²) in [4.78, 5) is 15.6. The first-order valence-electron chi connectivity index (χ1n) is 5.12. The van der Waals surface area contributed by atoms with Crippen molar-refractivity contribution in [1.82, 2.24) is 14.9 Å². The highest BCUT2D eigenvalue weighted by atomic mass is 16.2. The van der Waals surface area contributed by atoms with Crippen molar-refractivity contribution in [1.29, 1.82) is 0 Å². The van der Waals surface area contributed by atoms with Gasteiger partial charge in [-0.1, -0.05) is 0 Å². The molecule has 1 rings (SSSR count). The summed E-state index contributed by atoms with van der Waals surface area (Å²) in [6.45, 7) is 2.63. The highest BCUT2D eigenvalue weighted by molar-refractivity contribution is 5.92. The molecule has 84 valence electrons. The standard InChI is InChI=1S/C10H18N4O/c1-8(4-3-5-11)13-10(15)9-6-12-7-14(9)2/h6-8H,3-5,11H2,1-2H3,(H,13,15). The minimum Gasteiger partial charge on any atom is -0.348 e. The van der Waals surface area contributed by atoms with E-state index in [-0.39, 0.29) is 11.9 Å². The molecule has 1 aromatic rings. The van der Waals surface area contributed by atoms with Crippen molar-refractivity contribution in [2.24, 2.45) is 12.8 Å². The number of nitrogens with one attached hydrogen (secondary N) is 1. The number of imidazole rings is 1. The van der Waals surface area contributed by atoms with Crippen LogP contribution >= 0.6 is 0 Å². The normalized spacial score (nSPS) is 12.5. The summed E-state index contributed by atoms with van der Waals surface area (Å²) in [5.41, 5.74) is 5.98. The van der Waals surface area contributed by atoms with Crippen LogP contribution in [0.5, 0.6) is 0 Å². The zero-order valence-corrected chi connectivity index (χ0v) is 9.23. The van der Waals surface area contributed by atoms with Gasteiger partial charge in [0, 0.05) is 13.1 Å². The lowest BCUT2D eigenvalue weighted by Gasteiger charge is -2.13. The molecule has 0 aliphatic rings. The van der Waals surface area contributed by atoms with Gasteiger partial charge < -0.3 is 15.6 Å². The van der Waals surface area contributed by atoms with Crippen LogP contribution < -0.4 is 11.1 Å². The number of hydrogen-bond acceptors (Lipinski definition) is 3. The Morgan fingerprint density at radius 1 is 1.73 bits per heavy atom. The van der Waals surface area contributed by atoms with Crippen LogP contribution in [0.1, 0.15) is 30.3 Å². The Bertz CT molecular complexity index is 321. The number of aromatic nitrogens is 2. The van der Waals surface area contributed by atoms with Crippen molar-refractivity contribution in [2.75, 3.05) is 6.54 Å². The first-order valence-corrected chi connectivity index (χ1v) is 5.12. The third-order valence-electron chi connectivity index (χ3n) is 2.27. The Morgan fingerprint density at radius 3 is 3.00 bits per heavy atom. The van der Waals surface area contributed by atoms with Crippen molar-refractivity contribution in [3.8, 4) is 0 Å². The minimum absolute atomic E-state index is 0.0838. The zero-order chi connectivity index (χ0) is 11.3. The molecular weight excluding hydrogens is 192 g/mol. The van der Waals surface area contributed by atoms with E-state index in [9.17, 15) is 4.79 Å². The lowest BCUT2D eigenvalue weighted by Crippen LogP contribution is -2.33. The molecule has 1 atom stereocenters. The summed E-state index contributed by atoms with van der Waals surface area (Å²) in [6, 6.07) is 0.149. The Balaban J connectivity index is 2.46. The summed E-state index contributed by atoms with van der Waals surface area (Å²) in [5.74, 6) is -0.0838. The number of nitrogens with zero attached hydrogens (tertiary/aromatic N) is 2. The van der Waals surface area contributed by atoms with E-state index in [0.717, 1.165) is 12.8 Å². The smallest absolute Gasteiger partial charge is 0.269 e. The Morgan fingerprint density at radius 2 is 2.47 bits per heavy atom. The second kappa shape index (κ2) is 5.50. The fraction of sp³-hybridized carbons (Fsp3) is 0.600. The zero-order valence-electron chi connectivity index (χ0n) is 9.23. The molecule has 0 bridgehead atoms. The minimum atomic E-state index is -0.0838. The number of nitrogens with two attached hydrogens (primary N) is 1. The number of hydrogen-bond donors (Lipinski definition) is 2. The maximum absolute atomic E-state index is 11.7. The summed E-state index contributed by atoms with van der Waals surface area (Å²) in [5, 5.41) is 2.90. The van der Waals surface area contributed by atoms with Gasteiger partial charge in [-0.25, -0.2) is 4.98 Å². The van der Waals surface area contributed by atoms with E-state index in [1.165, 1.54) is 0 Å². The van der Waals surface area contributed by atoms with E-state index >= 15 is 0 Å². The molecule has 0 saturated heterocycles. The molecule has 15 heavy (non-hydrogen) atoms. The van der Waals surface area contributed by atoms with Crippen LogP contribution in [-0.4, -0.2) is 28.0 Å². The molecule has 0 fully saturated rings. The highest BCUT2D eigenvalue weighted by Gasteiger charge is 2.11. The largest absolute Gasteiger partial charge is 0.348 e. The van der Waals surface area contributed by atoms with Crippen LogP contribution in [0.15, 0.2) is 12.5 Å². The molecule has 1 heterocycles. The molecule has 0 aliphatic heterocycles. The lowest BCUT2D eigenvalue weighted by molar-refractivity contribution is 0.0930. The molecule has 1 aromatic heterocycles. The van der Waals surface area contributed by atoms with Gasteiger partial charge >= 0.3 is 0 Å². The maximum atomic E-state index is 11.7. The summed E-state index contributed by atoms with van der Waals surface area (Å²) >= 11 is 0. The van der Waals surface area contributed by atoms with E-state index in [1.54, 1.807) is 24.1 Å². The van der Waals surface area contributed by atoms with Crippen molar-refractivity contribution in [3.05, 3.63) is 18.2 Å². The Kier molecular flexibility index (Phi) is 4.30. The Labute approximate surface area is 89.7 Å². The average molecular weight is 210 g/mol. The fourth-order valence-corrected chi connectivity index (χ4v) is 1.37. The summed E-state index contributed by atoms with van der Waals surface area (Å²) in [7, 11) is 1.80. The second-order valence-corrected chi connectivity index (χ2v) is 3.70. The third-order valence-corrected chi connectivity index (χ3v) is 2.27. The van der Waals surface area contributed by atoms with Crippen LogP contribution in [0.25, 0.3) is 0 Å². The van der Waals surface area contributed by atoms with Gasteiger partial charge in [0.2, 0.25) is 0 Å². The van der Waals surface area contributed by atoms with Crippen molar-refractivity contribution in [3.63, 3.8) is 0 Å². The second-order valence-electron chi connectivity index (χ2n) is 3.70. The molecule has 3 N–H and O–H groups in total. The monoisotopic (exact) mass is 210 g/mol. The van der Waals surface area contributed by atoms with Crippen LogP contribution in [0.3, 0.4) is 0 Å². The van der Waals surface area contributed by atoms with Crippen LogP contribution in [0, 0.1) is 0 Å². The molecule has 5 nitrogen and oxygen atoms in total. The molecule has 0 saturated carbocycles. The van der Waals surface area contributed by atoms with E-state index in [2.05, 4.69) is 10.3 Å². The molecule has 0 radical (unpaired) electrons. The van der Waals surface area contributed by atoms with E-state index in [0.29, 0.717) is 12.2 Å². The van der Waals surface area contributed by atoms with Gasteiger partial charge in [-0.05, 0) is 26.3 Å². The van der Waals surface area contributed by atoms with Crippen LogP contribution in [0.2, 0.25) is 0 Å². The van der Waals surface area contributed by atoms with Crippen LogP contribution in [0.4, 0.5) is 0 Å². The average Bonchev–Trinajstić information content (AvgIpc) is 2.61. The van der Waals surface area contributed by atoms with Crippen molar-refractivity contribution in [2.45, 2.75) is 25.8 Å². The summed E-state index contributed by atoms with van der Waals surface area (Å²) < 4.78 is 1.70. The van der Waals surface area contributed by atoms with Gasteiger partial charge in [-0.3, -0.25) is 4.79 Å². The van der Waals surface area contributed by atoms with Gasteiger partial charge in [0.05, 0.1) is 12.5 Å². The topological polar surface area (TPSA) is 72.9 Å². The SMILES string of the molecule is CC(CCCN)NC(=O)c1cncn1C. The number of carbonyl (C=O) groups is 1. The van der Waals surface area contributed by atoms with Gasteiger partial charge in [0.25, 0.3) is 5.91 Å². The van der Waals surface area contributed by atoms with Crippen molar-refractivity contribution < 1.29 is 4.79 Å². The van der Waals surface area contributed by atoms with Gasteiger partial charge in [0.15, 0.2) is 0 Å². The molecule has 0 spiro atoms. The molecule has 1 unspecified atom stereocenters. The van der Waals surface area contributed by atoms with Gasteiger partial charge in [-0.15, -0.1) is 0 Å². The van der Waals surface area contributed by atoms with E-state index < -0.39 is 0 Å². The first-order chi connectivity index (χ1) is 7.15. The number of carbonyl (C=O) groups excluding carboxylic acids is 1. The maximum Gasteiger partial charge on any atom is 0.269 e. The highest BCUT2D eigenvalue weighted by Crippen LogP contribution is 1.99. The number of rotatable bonds is 5.